The third-order valence-electron chi connectivity index (χ3n) is 3.96. The Morgan fingerprint density at radius 1 is 1.26 bits per heavy atom. The molecule has 1 aliphatic heterocycles. The topological polar surface area (TPSA) is 49.4 Å². The summed E-state index contributed by atoms with van der Waals surface area (Å²) >= 11 is 0. The summed E-state index contributed by atoms with van der Waals surface area (Å²) in [5.41, 5.74) is 0. The van der Waals surface area contributed by atoms with Crippen LogP contribution in [-0.2, 0) is 9.84 Å². The second kappa shape index (κ2) is 7.04. The molecular formula is C14H30N2O2S. The van der Waals surface area contributed by atoms with Crippen LogP contribution in [0.5, 0.6) is 0 Å². The molecular weight excluding hydrogens is 260 g/mol. The Balaban J connectivity index is 2.54. The van der Waals surface area contributed by atoms with Gasteiger partial charge in [0.05, 0.1) is 10.5 Å². The third kappa shape index (κ3) is 5.04. The van der Waals surface area contributed by atoms with Crippen LogP contribution in [0, 0.1) is 0 Å². The van der Waals surface area contributed by atoms with Gasteiger partial charge < -0.3 is 5.32 Å². The third-order valence-corrected chi connectivity index (χ3v) is 6.55. The Bertz CT molecular complexity index is 360. The number of nitrogens with one attached hydrogen (secondary N) is 1. The van der Waals surface area contributed by atoms with E-state index in [2.05, 4.69) is 17.1 Å². The maximum Gasteiger partial charge on any atom is 0.156 e. The number of hydrogen-bond acceptors (Lipinski definition) is 4. The van der Waals surface area contributed by atoms with E-state index in [4.69, 9.17) is 0 Å². The predicted molar refractivity (Wildman–Crippen MR) is 81.3 cm³/mol. The summed E-state index contributed by atoms with van der Waals surface area (Å²) in [5, 5.41) is 3.38. The molecule has 1 heterocycles. The van der Waals surface area contributed by atoms with Crippen LogP contribution in [0.3, 0.4) is 0 Å². The minimum atomic E-state index is -3.00. The first kappa shape index (κ1) is 16.9. The molecule has 1 aliphatic rings. The Labute approximate surface area is 118 Å². The Morgan fingerprint density at radius 3 is 2.53 bits per heavy atom. The predicted octanol–water partition coefficient (Wildman–Crippen LogP) is 1.66. The summed E-state index contributed by atoms with van der Waals surface area (Å²) in [6, 6.07) is 0.504. The summed E-state index contributed by atoms with van der Waals surface area (Å²) < 4.78 is 23.7. The largest absolute Gasteiger partial charge is 0.315 e. The van der Waals surface area contributed by atoms with Gasteiger partial charge >= 0.3 is 0 Å². The van der Waals surface area contributed by atoms with Crippen molar-refractivity contribution in [2.24, 2.45) is 0 Å². The number of hydrogen-bond donors (Lipinski definition) is 1. The van der Waals surface area contributed by atoms with Crippen LogP contribution < -0.4 is 5.32 Å². The molecule has 0 aromatic carbocycles. The molecule has 1 rings (SSSR count). The van der Waals surface area contributed by atoms with Crippen LogP contribution in [-0.4, -0.2) is 56.0 Å². The highest BCUT2D eigenvalue weighted by atomic mass is 32.2. The van der Waals surface area contributed by atoms with E-state index < -0.39 is 14.6 Å². The number of nitrogens with zero attached hydrogens (tertiary/aromatic N) is 1. The van der Waals surface area contributed by atoms with E-state index >= 15 is 0 Å². The zero-order chi connectivity index (χ0) is 14.5. The van der Waals surface area contributed by atoms with Crippen LogP contribution in [0.25, 0.3) is 0 Å². The fraction of sp³-hybridized carbons (Fsp3) is 1.00. The first-order chi connectivity index (χ1) is 8.78. The summed E-state index contributed by atoms with van der Waals surface area (Å²) in [7, 11) is -3.00. The quantitative estimate of drug-likeness (QED) is 0.808. The zero-order valence-corrected chi connectivity index (χ0v) is 13.7. The molecule has 0 aliphatic carbocycles. The number of rotatable bonds is 6. The molecule has 4 nitrogen and oxygen atoms in total. The first-order valence-corrected chi connectivity index (χ1v) is 9.10. The van der Waals surface area contributed by atoms with Gasteiger partial charge in [-0.05, 0) is 46.7 Å². The van der Waals surface area contributed by atoms with Crippen LogP contribution >= 0.6 is 0 Å². The smallest absolute Gasteiger partial charge is 0.156 e. The fourth-order valence-corrected chi connectivity index (χ4v) is 3.53. The van der Waals surface area contributed by atoms with Gasteiger partial charge in [0.25, 0.3) is 0 Å². The maximum absolute atomic E-state index is 12.2. The van der Waals surface area contributed by atoms with Gasteiger partial charge in [0.2, 0.25) is 0 Å². The highest BCUT2D eigenvalue weighted by Crippen LogP contribution is 2.19. The highest BCUT2D eigenvalue weighted by Gasteiger charge is 2.30. The lowest BCUT2D eigenvalue weighted by atomic mass is 10.0. The van der Waals surface area contributed by atoms with E-state index in [1.807, 2.05) is 0 Å². The Hall–Kier alpha value is -0.130. The van der Waals surface area contributed by atoms with Crippen molar-refractivity contribution in [3.05, 3.63) is 0 Å². The molecule has 1 N–H and O–H groups in total. The Morgan fingerprint density at radius 2 is 1.95 bits per heavy atom. The van der Waals surface area contributed by atoms with Gasteiger partial charge in [0.1, 0.15) is 0 Å². The van der Waals surface area contributed by atoms with Gasteiger partial charge in [-0.15, -0.1) is 0 Å². The van der Waals surface area contributed by atoms with Crippen molar-refractivity contribution < 1.29 is 8.42 Å². The number of likely N-dealkylation sites (tertiary alicyclic amines) is 1. The van der Waals surface area contributed by atoms with Crippen molar-refractivity contribution >= 4 is 9.84 Å². The molecule has 5 heteroatoms. The molecule has 1 fully saturated rings. The van der Waals surface area contributed by atoms with Crippen LogP contribution in [0.4, 0.5) is 0 Å². The molecule has 1 atom stereocenters. The molecule has 114 valence electrons. The van der Waals surface area contributed by atoms with Gasteiger partial charge in [-0.25, -0.2) is 8.42 Å². The molecule has 0 aromatic rings. The van der Waals surface area contributed by atoms with Crippen molar-refractivity contribution in [3.8, 4) is 0 Å². The van der Waals surface area contributed by atoms with E-state index in [1.54, 1.807) is 20.8 Å². The second-order valence-electron chi connectivity index (χ2n) is 6.42. The minimum absolute atomic E-state index is 0.277. The van der Waals surface area contributed by atoms with E-state index in [-0.39, 0.29) is 5.75 Å². The molecule has 1 unspecified atom stereocenters. The summed E-state index contributed by atoms with van der Waals surface area (Å²) in [4.78, 5) is 2.36. The van der Waals surface area contributed by atoms with E-state index in [0.717, 1.165) is 19.6 Å². The normalized spacial score (nSPS) is 22.6. The van der Waals surface area contributed by atoms with Crippen molar-refractivity contribution in [2.45, 2.75) is 57.7 Å². The van der Waals surface area contributed by atoms with Crippen LogP contribution in [0.1, 0.15) is 47.0 Å². The standard InChI is InChI=1S/C14H30N2O2S/c1-5-15-12-13-8-6-7-9-16(13)10-11-19(17,18)14(2,3)4/h13,15H,5-12H2,1-4H3. The van der Waals surface area contributed by atoms with Crippen molar-refractivity contribution in [1.82, 2.24) is 10.2 Å². The van der Waals surface area contributed by atoms with Crippen molar-refractivity contribution in [1.29, 1.82) is 0 Å². The van der Waals surface area contributed by atoms with Crippen molar-refractivity contribution in [3.63, 3.8) is 0 Å². The van der Waals surface area contributed by atoms with Gasteiger partial charge in [-0.3, -0.25) is 4.90 Å². The van der Waals surface area contributed by atoms with Crippen molar-refractivity contribution in [2.75, 3.05) is 31.9 Å². The molecule has 0 amide bonds. The first-order valence-electron chi connectivity index (χ1n) is 7.45. The van der Waals surface area contributed by atoms with Gasteiger partial charge in [0, 0.05) is 19.1 Å². The van der Waals surface area contributed by atoms with Crippen LogP contribution in [0.2, 0.25) is 0 Å². The molecule has 19 heavy (non-hydrogen) atoms. The number of piperidine rings is 1. The zero-order valence-electron chi connectivity index (χ0n) is 12.9. The van der Waals surface area contributed by atoms with E-state index in [9.17, 15) is 8.42 Å². The average Bonchev–Trinajstić information content (AvgIpc) is 2.33. The van der Waals surface area contributed by atoms with Gasteiger partial charge in [-0.1, -0.05) is 13.3 Å². The number of likely N-dealkylation sites (N-methyl/N-ethyl adjacent to an activating group) is 1. The molecule has 0 radical (unpaired) electrons. The minimum Gasteiger partial charge on any atom is -0.315 e. The molecule has 0 spiro atoms. The fourth-order valence-electron chi connectivity index (χ4n) is 2.44. The Kier molecular flexibility index (Phi) is 6.27. The highest BCUT2D eigenvalue weighted by molar-refractivity contribution is 7.92. The molecule has 0 bridgehead atoms. The average molecular weight is 290 g/mol. The number of sulfone groups is 1. The molecule has 0 aromatic heterocycles. The lowest BCUT2D eigenvalue weighted by Crippen LogP contribution is -2.48. The van der Waals surface area contributed by atoms with Gasteiger partial charge in [-0.2, -0.15) is 0 Å². The van der Waals surface area contributed by atoms with E-state index in [1.165, 1.54) is 19.3 Å². The lowest BCUT2D eigenvalue weighted by Gasteiger charge is -2.36. The summed E-state index contributed by atoms with van der Waals surface area (Å²) in [6.45, 7) is 11.1. The second-order valence-corrected chi connectivity index (χ2v) is 9.29. The summed E-state index contributed by atoms with van der Waals surface area (Å²) in [6.07, 6.45) is 3.64. The monoisotopic (exact) mass is 290 g/mol. The SMILES string of the molecule is CCNCC1CCCCN1CCS(=O)(=O)C(C)(C)C. The van der Waals surface area contributed by atoms with Gasteiger partial charge in [0.15, 0.2) is 9.84 Å². The lowest BCUT2D eigenvalue weighted by molar-refractivity contribution is 0.154. The van der Waals surface area contributed by atoms with Crippen LogP contribution in [0.15, 0.2) is 0 Å². The summed E-state index contributed by atoms with van der Waals surface area (Å²) in [5.74, 6) is 0.277. The molecule has 1 saturated heterocycles. The molecule has 0 saturated carbocycles. The van der Waals surface area contributed by atoms with E-state index in [0.29, 0.717) is 12.6 Å². The maximum atomic E-state index is 12.2.